The Kier molecular flexibility index (Phi) is 4.90. The Balaban J connectivity index is 1.99. The van der Waals surface area contributed by atoms with Gasteiger partial charge >= 0.3 is 5.97 Å². The molecule has 0 spiro atoms. The molecule has 0 saturated carbocycles. The standard InChI is InChI=1S/C15H21N3O3/c1-17-7-4-11(5-8-17)10-18(2)14(19)12-3-6-16-13(9-12)15(20)21/h3,6,9,11H,4-5,7-8,10H2,1-2H3,(H,20,21). The highest BCUT2D eigenvalue weighted by molar-refractivity contribution is 5.96. The third-order valence-corrected chi connectivity index (χ3v) is 3.94. The van der Waals surface area contributed by atoms with Crippen molar-refractivity contribution in [2.24, 2.45) is 5.92 Å². The van der Waals surface area contributed by atoms with Gasteiger partial charge in [0, 0.05) is 25.4 Å². The summed E-state index contributed by atoms with van der Waals surface area (Å²) in [5.74, 6) is -0.766. The van der Waals surface area contributed by atoms with E-state index in [0.717, 1.165) is 25.9 Å². The van der Waals surface area contributed by atoms with Gasteiger partial charge in [0.2, 0.25) is 0 Å². The summed E-state index contributed by atoms with van der Waals surface area (Å²) < 4.78 is 0. The lowest BCUT2D eigenvalue weighted by Crippen LogP contribution is -2.38. The SMILES string of the molecule is CN1CCC(CN(C)C(=O)c2ccnc(C(=O)O)c2)CC1. The second kappa shape index (κ2) is 6.67. The maximum absolute atomic E-state index is 12.4. The van der Waals surface area contributed by atoms with Crippen LogP contribution in [0.25, 0.3) is 0 Å². The molecule has 0 radical (unpaired) electrons. The van der Waals surface area contributed by atoms with E-state index in [4.69, 9.17) is 5.11 Å². The molecular formula is C15H21N3O3. The van der Waals surface area contributed by atoms with Crippen molar-refractivity contribution >= 4 is 11.9 Å². The van der Waals surface area contributed by atoms with E-state index >= 15 is 0 Å². The second-order valence-electron chi connectivity index (χ2n) is 5.67. The van der Waals surface area contributed by atoms with E-state index < -0.39 is 5.97 Å². The van der Waals surface area contributed by atoms with Gasteiger partial charge in [-0.2, -0.15) is 0 Å². The molecule has 1 fully saturated rings. The van der Waals surface area contributed by atoms with Crippen LogP contribution >= 0.6 is 0 Å². The van der Waals surface area contributed by atoms with Crippen LogP contribution in [-0.2, 0) is 0 Å². The maximum Gasteiger partial charge on any atom is 0.354 e. The molecule has 1 aromatic rings. The van der Waals surface area contributed by atoms with E-state index in [0.29, 0.717) is 18.0 Å². The molecule has 0 aliphatic carbocycles. The summed E-state index contributed by atoms with van der Waals surface area (Å²) >= 11 is 0. The Bertz CT molecular complexity index is 525. The van der Waals surface area contributed by atoms with Crippen molar-refractivity contribution in [1.29, 1.82) is 0 Å². The van der Waals surface area contributed by atoms with Crippen molar-refractivity contribution in [3.05, 3.63) is 29.6 Å². The molecule has 2 heterocycles. The van der Waals surface area contributed by atoms with E-state index in [-0.39, 0.29) is 11.6 Å². The predicted octanol–water partition coefficient (Wildman–Crippen LogP) is 1.19. The second-order valence-corrected chi connectivity index (χ2v) is 5.67. The molecule has 1 aromatic heterocycles. The van der Waals surface area contributed by atoms with Crippen molar-refractivity contribution in [2.45, 2.75) is 12.8 Å². The lowest BCUT2D eigenvalue weighted by molar-refractivity contribution is 0.0690. The highest BCUT2D eigenvalue weighted by Gasteiger charge is 2.21. The lowest BCUT2D eigenvalue weighted by atomic mass is 9.96. The van der Waals surface area contributed by atoms with Gasteiger partial charge in [-0.15, -0.1) is 0 Å². The third-order valence-electron chi connectivity index (χ3n) is 3.94. The number of piperidine rings is 1. The van der Waals surface area contributed by atoms with Gasteiger partial charge in [-0.25, -0.2) is 9.78 Å². The minimum atomic E-state index is -1.12. The molecule has 6 nitrogen and oxygen atoms in total. The number of likely N-dealkylation sites (tertiary alicyclic amines) is 1. The van der Waals surface area contributed by atoms with Gasteiger partial charge in [-0.3, -0.25) is 4.79 Å². The van der Waals surface area contributed by atoms with Crippen LogP contribution in [0.15, 0.2) is 18.3 Å². The molecule has 1 amide bonds. The average Bonchev–Trinajstić information content (AvgIpc) is 2.49. The molecular weight excluding hydrogens is 270 g/mol. The number of hydrogen-bond acceptors (Lipinski definition) is 4. The smallest absolute Gasteiger partial charge is 0.354 e. The fourth-order valence-electron chi connectivity index (χ4n) is 2.62. The minimum Gasteiger partial charge on any atom is -0.477 e. The van der Waals surface area contributed by atoms with Crippen molar-refractivity contribution < 1.29 is 14.7 Å². The average molecular weight is 291 g/mol. The zero-order valence-corrected chi connectivity index (χ0v) is 12.5. The van der Waals surface area contributed by atoms with Crippen LogP contribution in [0.2, 0.25) is 0 Å². The topological polar surface area (TPSA) is 73.7 Å². The van der Waals surface area contributed by atoms with Crippen LogP contribution in [0.3, 0.4) is 0 Å². The van der Waals surface area contributed by atoms with E-state index in [1.807, 2.05) is 0 Å². The number of rotatable bonds is 4. The summed E-state index contributed by atoms with van der Waals surface area (Å²) in [5, 5.41) is 8.92. The van der Waals surface area contributed by atoms with E-state index in [9.17, 15) is 9.59 Å². The number of carbonyl (C=O) groups is 2. The van der Waals surface area contributed by atoms with Crippen LogP contribution < -0.4 is 0 Å². The third kappa shape index (κ3) is 4.01. The molecule has 21 heavy (non-hydrogen) atoms. The van der Waals surface area contributed by atoms with Gasteiger partial charge in [-0.05, 0) is 51.0 Å². The van der Waals surface area contributed by atoms with E-state index in [1.165, 1.54) is 12.3 Å². The highest BCUT2D eigenvalue weighted by atomic mass is 16.4. The molecule has 6 heteroatoms. The number of pyridine rings is 1. The lowest BCUT2D eigenvalue weighted by Gasteiger charge is -2.31. The maximum atomic E-state index is 12.4. The number of amides is 1. The Morgan fingerprint density at radius 1 is 1.43 bits per heavy atom. The predicted molar refractivity (Wildman–Crippen MR) is 78.4 cm³/mol. The first-order valence-corrected chi connectivity index (χ1v) is 7.10. The van der Waals surface area contributed by atoms with Crippen LogP contribution in [-0.4, -0.2) is 65.5 Å². The van der Waals surface area contributed by atoms with Crippen molar-refractivity contribution in [3.8, 4) is 0 Å². The normalized spacial score (nSPS) is 16.7. The van der Waals surface area contributed by atoms with Gasteiger partial charge < -0.3 is 14.9 Å². The van der Waals surface area contributed by atoms with E-state index in [2.05, 4.69) is 16.9 Å². The molecule has 2 rings (SSSR count). The Morgan fingerprint density at radius 2 is 2.10 bits per heavy atom. The number of aromatic carboxylic acids is 1. The number of carbonyl (C=O) groups excluding carboxylic acids is 1. The quantitative estimate of drug-likeness (QED) is 0.902. The van der Waals surface area contributed by atoms with Crippen molar-refractivity contribution in [1.82, 2.24) is 14.8 Å². The van der Waals surface area contributed by atoms with Gasteiger partial charge in [0.15, 0.2) is 0 Å². The molecule has 0 unspecified atom stereocenters. The Morgan fingerprint density at radius 3 is 2.71 bits per heavy atom. The number of aromatic nitrogens is 1. The summed E-state index contributed by atoms with van der Waals surface area (Å²) in [7, 11) is 3.87. The fourth-order valence-corrected chi connectivity index (χ4v) is 2.62. The van der Waals surface area contributed by atoms with Crippen molar-refractivity contribution in [2.75, 3.05) is 33.7 Å². The summed E-state index contributed by atoms with van der Waals surface area (Å²) in [6.45, 7) is 2.83. The molecule has 1 saturated heterocycles. The largest absolute Gasteiger partial charge is 0.477 e. The molecule has 1 N–H and O–H groups in total. The van der Waals surface area contributed by atoms with Crippen LogP contribution in [0.1, 0.15) is 33.7 Å². The van der Waals surface area contributed by atoms with Gasteiger partial charge in [0.25, 0.3) is 5.91 Å². The number of carboxylic acid groups (broad SMARTS) is 1. The van der Waals surface area contributed by atoms with Crippen LogP contribution in [0.4, 0.5) is 0 Å². The van der Waals surface area contributed by atoms with Crippen LogP contribution in [0.5, 0.6) is 0 Å². The van der Waals surface area contributed by atoms with Crippen LogP contribution in [0, 0.1) is 5.92 Å². The van der Waals surface area contributed by atoms with Gasteiger partial charge in [0.1, 0.15) is 5.69 Å². The molecule has 114 valence electrons. The molecule has 1 aliphatic heterocycles. The first-order chi connectivity index (χ1) is 9.97. The Labute approximate surface area is 124 Å². The summed E-state index contributed by atoms with van der Waals surface area (Å²) in [4.78, 5) is 31.0. The fraction of sp³-hybridized carbons (Fsp3) is 0.533. The first-order valence-electron chi connectivity index (χ1n) is 7.10. The number of nitrogens with zero attached hydrogens (tertiary/aromatic N) is 3. The minimum absolute atomic E-state index is 0.103. The zero-order valence-electron chi connectivity index (χ0n) is 12.5. The summed E-state index contributed by atoms with van der Waals surface area (Å²) in [5.41, 5.74) is 0.270. The monoisotopic (exact) mass is 291 g/mol. The first kappa shape index (κ1) is 15.4. The molecule has 0 aromatic carbocycles. The highest BCUT2D eigenvalue weighted by Crippen LogP contribution is 2.17. The van der Waals surface area contributed by atoms with Gasteiger partial charge in [0.05, 0.1) is 0 Å². The molecule has 0 atom stereocenters. The Hall–Kier alpha value is -1.95. The zero-order chi connectivity index (χ0) is 15.4. The summed E-state index contributed by atoms with van der Waals surface area (Å²) in [6.07, 6.45) is 3.54. The summed E-state index contributed by atoms with van der Waals surface area (Å²) in [6, 6.07) is 2.88. The van der Waals surface area contributed by atoms with E-state index in [1.54, 1.807) is 18.0 Å². The molecule has 0 bridgehead atoms. The van der Waals surface area contributed by atoms with Crippen molar-refractivity contribution in [3.63, 3.8) is 0 Å². The van der Waals surface area contributed by atoms with Gasteiger partial charge in [-0.1, -0.05) is 0 Å². The molecule has 1 aliphatic rings. The number of carboxylic acids is 1. The number of hydrogen-bond donors (Lipinski definition) is 1.